The molecule has 0 amide bonds. The van der Waals surface area contributed by atoms with Crippen LogP contribution in [0.1, 0.15) is 25.8 Å². The highest BCUT2D eigenvalue weighted by Gasteiger charge is 2.23. The van der Waals surface area contributed by atoms with Gasteiger partial charge in [0.25, 0.3) is 0 Å². The number of aromatic nitrogens is 2. The number of H-pyrrole nitrogens is 1. The maximum Gasteiger partial charge on any atom is 0.326 e. The Balaban J connectivity index is 1.54. The number of benzene rings is 1. The van der Waals surface area contributed by atoms with Crippen LogP contribution in [0, 0.1) is 0 Å². The molecule has 0 saturated carbocycles. The number of aromatic amines is 1. The molecule has 7 heteroatoms. The first kappa shape index (κ1) is 17.0. The summed E-state index contributed by atoms with van der Waals surface area (Å²) < 4.78 is 1.94. The van der Waals surface area contributed by atoms with E-state index in [-0.39, 0.29) is 11.7 Å². The number of fused-ring (bicyclic) bond motifs is 1. The minimum Gasteiger partial charge on any atom is -0.363 e. The van der Waals surface area contributed by atoms with Crippen molar-refractivity contribution in [1.29, 1.82) is 0 Å². The summed E-state index contributed by atoms with van der Waals surface area (Å²) in [6.07, 6.45) is 2.00. The van der Waals surface area contributed by atoms with E-state index in [0.717, 1.165) is 61.7 Å². The van der Waals surface area contributed by atoms with Crippen molar-refractivity contribution in [2.75, 3.05) is 32.7 Å². The van der Waals surface area contributed by atoms with Crippen LogP contribution in [0.4, 0.5) is 0 Å². The van der Waals surface area contributed by atoms with Crippen LogP contribution in [0.5, 0.6) is 0 Å². The number of hydrogen-bond donors (Lipinski definition) is 3. The van der Waals surface area contributed by atoms with E-state index in [1.165, 1.54) is 0 Å². The second kappa shape index (κ2) is 7.81. The lowest BCUT2D eigenvalue weighted by molar-refractivity contribution is 0.189. The molecule has 0 unspecified atom stereocenters. The Morgan fingerprint density at radius 2 is 2.04 bits per heavy atom. The summed E-state index contributed by atoms with van der Waals surface area (Å²) in [7, 11) is 0. The number of thiocarbonyl (C=S) groups is 1. The van der Waals surface area contributed by atoms with Crippen molar-refractivity contribution < 1.29 is 0 Å². The number of nitrogens with zero attached hydrogens (tertiary/aromatic N) is 2. The molecule has 2 heterocycles. The number of imidazole rings is 1. The molecule has 0 radical (unpaired) electrons. The molecule has 1 aliphatic heterocycles. The van der Waals surface area contributed by atoms with E-state index in [4.69, 9.17) is 12.2 Å². The van der Waals surface area contributed by atoms with Gasteiger partial charge in [-0.05, 0) is 44.1 Å². The van der Waals surface area contributed by atoms with Crippen molar-refractivity contribution in [1.82, 2.24) is 25.1 Å². The highest BCUT2D eigenvalue weighted by atomic mass is 32.1. The first-order valence-electron chi connectivity index (χ1n) is 8.62. The van der Waals surface area contributed by atoms with Crippen LogP contribution in [0.2, 0.25) is 0 Å². The van der Waals surface area contributed by atoms with Crippen molar-refractivity contribution in [3.05, 3.63) is 34.7 Å². The van der Waals surface area contributed by atoms with Crippen LogP contribution in [0.25, 0.3) is 11.0 Å². The Bertz CT molecular complexity index is 745. The van der Waals surface area contributed by atoms with E-state index in [1.807, 2.05) is 35.8 Å². The number of hydrogen-bond acceptors (Lipinski definition) is 3. The lowest BCUT2D eigenvalue weighted by Crippen LogP contribution is -2.43. The SMILES string of the molecule is CCNC(=S)NCCN1CCC(n2c(=O)[nH]c3ccccc32)CC1. The van der Waals surface area contributed by atoms with E-state index < -0.39 is 0 Å². The molecule has 24 heavy (non-hydrogen) atoms. The van der Waals surface area contributed by atoms with Gasteiger partial charge in [-0.2, -0.15) is 0 Å². The molecular formula is C17H25N5OS. The zero-order valence-electron chi connectivity index (χ0n) is 14.0. The molecule has 2 aromatic rings. The Labute approximate surface area is 147 Å². The van der Waals surface area contributed by atoms with Crippen molar-refractivity contribution in [3.8, 4) is 0 Å². The van der Waals surface area contributed by atoms with Crippen molar-refractivity contribution in [2.45, 2.75) is 25.8 Å². The largest absolute Gasteiger partial charge is 0.363 e. The van der Waals surface area contributed by atoms with Gasteiger partial charge in [0.1, 0.15) is 0 Å². The highest BCUT2D eigenvalue weighted by molar-refractivity contribution is 7.80. The second-order valence-corrected chi connectivity index (χ2v) is 6.58. The van der Waals surface area contributed by atoms with Gasteiger partial charge in [-0.1, -0.05) is 12.1 Å². The number of likely N-dealkylation sites (tertiary alicyclic amines) is 1. The van der Waals surface area contributed by atoms with Crippen LogP contribution in [0.15, 0.2) is 29.1 Å². The van der Waals surface area contributed by atoms with Gasteiger partial charge in [-0.15, -0.1) is 0 Å². The standard InChI is InChI=1S/C17H25N5OS/c1-2-18-16(24)19-9-12-21-10-7-13(8-11-21)22-15-6-4-3-5-14(15)20-17(22)23/h3-6,13H,2,7-12H2,1H3,(H,20,23)(H2,18,19,24). The molecule has 3 rings (SSSR count). The molecule has 0 spiro atoms. The van der Waals surface area contributed by atoms with E-state index in [9.17, 15) is 4.79 Å². The maximum atomic E-state index is 12.3. The molecule has 3 N–H and O–H groups in total. The summed E-state index contributed by atoms with van der Waals surface area (Å²) in [5.41, 5.74) is 1.94. The van der Waals surface area contributed by atoms with E-state index in [2.05, 4.69) is 20.5 Å². The molecule has 130 valence electrons. The fourth-order valence-corrected chi connectivity index (χ4v) is 3.63. The number of piperidine rings is 1. The van der Waals surface area contributed by atoms with Crippen LogP contribution in [-0.4, -0.2) is 52.3 Å². The molecular weight excluding hydrogens is 322 g/mol. The summed E-state index contributed by atoms with van der Waals surface area (Å²) in [4.78, 5) is 17.7. The number of rotatable bonds is 5. The summed E-state index contributed by atoms with van der Waals surface area (Å²) in [5, 5.41) is 7.03. The van der Waals surface area contributed by atoms with Crippen molar-refractivity contribution in [3.63, 3.8) is 0 Å². The highest BCUT2D eigenvalue weighted by Crippen LogP contribution is 2.24. The minimum absolute atomic E-state index is 0.00676. The van der Waals surface area contributed by atoms with Crippen LogP contribution in [-0.2, 0) is 0 Å². The zero-order valence-corrected chi connectivity index (χ0v) is 14.9. The lowest BCUT2D eigenvalue weighted by atomic mass is 10.0. The van der Waals surface area contributed by atoms with Gasteiger partial charge in [0.15, 0.2) is 5.11 Å². The van der Waals surface area contributed by atoms with E-state index in [0.29, 0.717) is 0 Å². The molecule has 1 saturated heterocycles. The topological polar surface area (TPSA) is 65.1 Å². The van der Waals surface area contributed by atoms with Gasteiger partial charge in [0.05, 0.1) is 11.0 Å². The molecule has 1 aliphatic rings. The fourth-order valence-electron chi connectivity index (χ4n) is 3.39. The zero-order chi connectivity index (χ0) is 16.9. The van der Waals surface area contributed by atoms with Gasteiger partial charge in [-0.25, -0.2) is 4.79 Å². The average molecular weight is 347 g/mol. The summed E-state index contributed by atoms with van der Waals surface area (Å²) >= 11 is 5.17. The van der Waals surface area contributed by atoms with Crippen molar-refractivity contribution in [2.24, 2.45) is 0 Å². The second-order valence-electron chi connectivity index (χ2n) is 6.18. The Morgan fingerprint density at radius 3 is 2.79 bits per heavy atom. The Kier molecular flexibility index (Phi) is 5.52. The lowest BCUT2D eigenvalue weighted by Gasteiger charge is -2.32. The summed E-state index contributed by atoms with van der Waals surface area (Å²) in [5.74, 6) is 0. The first-order chi connectivity index (χ1) is 11.7. The molecule has 1 aromatic carbocycles. The Hall–Kier alpha value is -1.86. The van der Waals surface area contributed by atoms with E-state index >= 15 is 0 Å². The smallest absolute Gasteiger partial charge is 0.326 e. The number of nitrogens with one attached hydrogen (secondary N) is 3. The molecule has 1 fully saturated rings. The van der Waals surface area contributed by atoms with Crippen LogP contribution in [0.3, 0.4) is 0 Å². The third-order valence-corrected chi connectivity index (χ3v) is 4.89. The quantitative estimate of drug-likeness (QED) is 0.715. The molecule has 0 bridgehead atoms. The average Bonchev–Trinajstić information content (AvgIpc) is 2.91. The summed E-state index contributed by atoms with van der Waals surface area (Å²) in [6.45, 7) is 6.71. The first-order valence-corrected chi connectivity index (χ1v) is 9.03. The fraction of sp³-hybridized carbons (Fsp3) is 0.529. The minimum atomic E-state index is 0.00676. The van der Waals surface area contributed by atoms with Gasteiger partial charge in [-0.3, -0.25) is 4.57 Å². The molecule has 1 aromatic heterocycles. The van der Waals surface area contributed by atoms with E-state index in [1.54, 1.807) is 0 Å². The normalized spacial score (nSPS) is 16.4. The number of para-hydroxylation sites is 2. The van der Waals surface area contributed by atoms with Gasteiger partial charge in [0.2, 0.25) is 0 Å². The summed E-state index contributed by atoms with van der Waals surface area (Å²) in [6, 6.07) is 8.20. The predicted octanol–water partition coefficient (Wildman–Crippen LogP) is 1.45. The molecule has 0 aliphatic carbocycles. The molecule has 6 nitrogen and oxygen atoms in total. The third kappa shape index (κ3) is 3.79. The molecule has 0 atom stereocenters. The predicted molar refractivity (Wildman–Crippen MR) is 102 cm³/mol. The third-order valence-electron chi connectivity index (χ3n) is 4.60. The van der Waals surface area contributed by atoms with Gasteiger partial charge < -0.3 is 20.5 Å². The van der Waals surface area contributed by atoms with Crippen LogP contribution >= 0.6 is 12.2 Å². The van der Waals surface area contributed by atoms with Crippen molar-refractivity contribution >= 4 is 28.4 Å². The Morgan fingerprint density at radius 1 is 1.29 bits per heavy atom. The van der Waals surface area contributed by atoms with Crippen LogP contribution < -0.4 is 16.3 Å². The maximum absolute atomic E-state index is 12.3. The van der Waals surface area contributed by atoms with Gasteiger partial charge >= 0.3 is 5.69 Å². The van der Waals surface area contributed by atoms with Gasteiger partial charge in [0, 0.05) is 38.8 Å². The monoisotopic (exact) mass is 347 g/mol.